The molecule has 0 fully saturated rings. The molecule has 0 radical (unpaired) electrons. The summed E-state index contributed by atoms with van der Waals surface area (Å²) in [4.78, 5) is 24.1. The molecule has 1 aromatic heterocycles. The van der Waals surface area contributed by atoms with Crippen LogP contribution in [0.4, 0.5) is 0 Å². The van der Waals surface area contributed by atoms with Crippen LogP contribution in [0.15, 0.2) is 24.3 Å². The van der Waals surface area contributed by atoms with Crippen LogP contribution in [0.3, 0.4) is 0 Å². The van der Waals surface area contributed by atoms with Crippen LogP contribution in [0, 0.1) is 6.92 Å². The van der Waals surface area contributed by atoms with E-state index in [9.17, 15) is 9.59 Å². The van der Waals surface area contributed by atoms with Gasteiger partial charge < -0.3 is 10.1 Å². The molecule has 100 valence electrons. The highest BCUT2D eigenvalue weighted by molar-refractivity contribution is 7.21. The number of amides is 1. The van der Waals surface area contributed by atoms with Gasteiger partial charge in [0, 0.05) is 4.70 Å². The number of thiophene rings is 1. The molecule has 0 saturated carbocycles. The van der Waals surface area contributed by atoms with Gasteiger partial charge >= 0.3 is 5.97 Å². The summed E-state index contributed by atoms with van der Waals surface area (Å²) in [6, 6.07) is 7.20. The van der Waals surface area contributed by atoms with Gasteiger partial charge in [-0.2, -0.15) is 0 Å². The monoisotopic (exact) mass is 277 g/mol. The maximum absolute atomic E-state index is 12.2. The van der Waals surface area contributed by atoms with Gasteiger partial charge in [0.25, 0.3) is 5.91 Å². The second kappa shape index (κ2) is 5.40. The van der Waals surface area contributed by atoms with Crippen LogP contribution >= 0.6 is 11.3 Å². The van der Waals surface area contributed by atoms with Crippen LogP contribution in [0.5, 0.6) is 0 Å². The maximum atomic E-state index is 12.2. The number of aryl methyl sites for hydroxylation is 1. The predicted octanol–water partition coefficient (Wildman–Crippen LogP) is 2.50. The number of carbonyl (C=O) groups is 2. The lowest BCUT2D eigenvalue weighted by atomic mass is 10.1. The molecule has 1 heterocycles. The van der Waals surface area contributed by atoms with E-state index in [0.717, 1.165) is 15.6 Å². The summed E-state index contributed by atoms with van der Waals surface area (Å²) >= 11 is 1.43. The molecule has 0 aliphatic carbocycles. The SMILES string of the molecule is COC(=O)C(C)NC(=O)c1sc2ccccc2c1C. The van der Waals surface area contributed by atoms with Crippen molar-refractivity contribution in [3.8, 4) is 0 Å². The van der Waals surface area contributed by atoms with Crippen molar-refractivity contribution in [2.45, 2.75) is 19.9 Å². The Kier molecular flexibility index (Phi) is 3.85. The van der Waals surface area contributed by atoms with E-state index in [0.29, 0.717) is 4.88 Å². The number of benzene rings is 1. The largest absolute Gasteiger partial charge is 0.467 e. The normalized spacial score (nSPS) is 12.2. The summed E-state index contributed by atoms with van der Waals surface area (Å²) in [6.45, 7) is 3.52. The summed E-state index contributed by atoms with van der Waals surface area (Å²) in [6.07, 6.45) is 0. The first-order valence-corrected chi connectivity index (χ1v) is 6.73. The molecule has 0 spiro atoms. The maximum Gasteiger partial charge on any atom is 0.328 e. The zero-order chi connectivity index (χ0) is 14.0. The molecular weight excluding hydrogens is 262 g/mol. The fourth-order valence-corrected chi connectivity index (χ4v) is 3.00. The molecule has 0 aliphatic rings. The lowest BCUT2D eigenvalue weighted by Crippen LogP contribution is -2.39. The number of carbonyl (C=O) groups excluding carboxylic acids is 2. The average Bonchev–Trinajstić information content (AvgIpc) is 2.75. The molecule has 1 amide bonds. The van der Waals surface area contributed by atoms with E-state index in [1.165, 1.54) is 18.4 Å². The van der Waals surface area contributed by atoms with Gasteiger partial charge in [-0.25, -0.2) is 4.79 Å². The van der Waals surface area contributed by atoms with Crippen molar-refractivity contribution >= 4 is 33.3 Å². The van der Waals surface area contributed by atoms with Crippen LogP contribution < -0.4 is 5.32 Å². The van der Waals surface area contributed by atoms with Gasteiger partial charge in [-0.1, -0.05) is 18.2 Å². The number of methoxy groups -OCH3 is 1. The highest BCUT2D eigenvalue weighted by Gasteiger charge is 2.20. The number of rotatable bonds is 3. The zero-order valence-corrected chi connectivity index (χ0v) is 11.8. The number of hydrogen-bond donors (Lipinski definition) is 1. The van der Waals surface area contributed by atoms with Gasteiger partial charge in [-0.15, -0.1) is 11.3 Å². The minimum absolute atomic E-state index is 0.239. The van der Waals surface area contributed by atoms with Gasteiger partial charge in [-0.3, -0.25) is 4.79 Å². The Bertz CT molecular complexity index is 633. The Balaban J connectivity index is 2.27. The van der Waals surface area contributed by atoms with Crippen LogP contribution in [0.1, 0.15) is 22.2 Å². The summed E-state index contributed by atoms with van der Waals surface area (Å²) in [5, 5.41) is 3.72. The second-order valence-electron chi connectivity index (χ2n) is 4.27. The van der Waals surface area contributed by atoms with Crippen LogP contribution in [-0.4, -0.2) is 25.0 Å². The lowest BCUT2D eigenvalue weighted by molar-refractivity contribution is -0.142. The minimum Gasteiger partial charge on any atom is -0.467 e. The van der Waals surface area contributed by atoms with Gasteiger partial charge in [0.1, 0.15) is 6.04 Å². The molecule has 0 aliphatic heterocycles. The Hall–Kier alpha value is -1.88. The molecule has 2 rings (SSSR count). The van der Waals surface area contributed by atoms with E-state index in [-0.39, 0.29) is 5.91 Å². The molecule has 1 N–H and O–H groups in total. The van der Waals surface area contributed by atoms with Crippen LogP contribution in [0.25, 0.3) is 10.1 Å². The number of esters is 1. The van der Waals surface area contributed by atoms with Crippen molar-refractivity contribution in [3.63, 3.8) is 0 Å². The average molecular weight is 277 g/mol. The van der Waals surface area contributed by atoms with Crippen molar-refractivity contribution in [2.75, 3.05) is 7.11 Å². The quantitative estimate of drug-likeness (QED) is 0.877. The summed E-state index contributed by atoms with van der Waals surface area (Å²) in [5.41, 5.74) is 0.940. The lowest BCUT2D eigenvalue weighted by Gasteiger charge is -2.10. The fourth-order valence-electron chi connectivity index (χ4n) is 1.89. The Morgan fingerprint density at radius 3 is 2.63 bits per heavy atom. The second-order valence-corrected chi connectivity index (χ2v) is 5.32. The van der Waals surface area contributed by atoms with E-state index in [2.05, 4.69) is 10.1 Å². The molecule has 19 heavy (non-hydrogen) atoms. The summed E-state index contributed by atoms with van der Waals surface area (Å²) in [5.74, 6) is -0.691. The first-order chi connectivity index (χ1) is 9.04. The van der Waals surface area contributed by atoms with Crippen LogP contribution in [-0.2, 0) is 9.53 Å². The van der Waals surface area contributed by atoms with E-state index < -0.39 is 12.0 Å². The first kappa shape index (κ1) is 13.5. The van der Waals surface area contributed by atoms with E-state index in [1.807, 2.05) is 31.2 Å². The molecule has 1 unspecified atom stereocenters. The molecule has 5 heteroatoms. The number of nitrogens with one attached hydrogen (secondary N) is 1. The van der Waals surface area contributed by atoms with E-state index in [4.69, 9.17) is 0 Å². The fraction of sp³-hybridized carbons (Fsp3) is 0.286. The minimum atomic E-state index is -0.651. The van der Waals surface area contributed by atoms with E-state index in [1.54, 1.807) is 6.92 Å². The Morgan fingerprint density at radius 1 is 1.32 bits per heavy atom. The van der Waals surface area contributed by atoms with Crippen LogP contribution in [0.2, 0.25) is 0 Å². The predicted molar refractivity (Wildman–Crippen MR) is 75.5 cm³/mol. The highest BCUT2D eigenvalue weighted by Crippen LogP contribution is 2.30. The van der Waals surface area contributed by atoms with Gasteiger partial charge in [0.05, 0.1) is 12.0 Å². The standard InChI is InChI=1S/C14H15NO3S/c1-8-10-6-4-5-7-11(10)19-12(8)13(16)15-9(2)14(17)18-3/h4-7,9H,1-3H3,(H,15,16). The molecular formula is C14H15NO3S. The molecule has 1 atom stereocenters. The summed E-state index contributed by atoms with van der Waals surface area (Å²) < 4.78 is 5.65. The molecule has 4 nitrogen and oxygen atoms in total. The Morgan fingerprint density at radius 2 is 2.00 bits per heavy atom. The third kappa shape index (κ3) is 2.61. The van der Waals surface area contributed by atoms with Gasteiger partial charge in [-0.05, 0) is 30.9 Å². The van der Waals surface area contributed by atoms with Crippen molar-refractivity contribution in [2.24, 2.45) is 0 Å². The summed E-state index contributed by atoms with van der Waals surface area (Å²) in [7, 11) is 1.30. The third-order valence-electron chi connectivity index (χ3n) is 2.95. The molecule has 2 aromatic rings. The molecule has 1 aromatic carbocycles. The Labute approximate surface area is 115 Å². The van der Waals surface area contributed by atoms with Crippen molar-refractivity contribution in [3.05, 3.63) is 34.7 Å². The van der Waals surface area contributed by atoms with Crippen molar-refractivity contribution in [1.82, 2.24) is 5.32 Å². The van der Waals surface area contributed by atoms with Crippen molar-refractivity contribution in [1.29, 1.82) is 0 Å². The topological polar surface area (TPSA) is 55.4 Å². The number of hydrogen-bond acceptors (Lipinski definition) is 4. The highest BCUT2D eigenvalue weighted by atomic mass is 32.1. The van der Waals surface area contributed by atoms with Crippen molar-refractivity contribution < 1.29 is 14.3 Å². The molecule has 0 saturated heterocycles. The van der Waals surface area contributed by atoms with Gasteiger partial charge in [0.2, 0.25) is 0 Å². The number of fused-ring (bicyclic) bond motifs is 1. The third-order valence-corrected chi connectivity index (χ3v) is 4.22. The smallest absolute Gasteiger partial charge is 0.328 e. The van der Waals surface area contributed by atoms with Gasteiger partial charge in [0.15, 0.2) is 0 Å². The number of ether oxygens (including phenoxy) is 1. The zero-order valence-electron chi connectivity index (χ0n) is 11.0. The van der Waals surface area contributed by atoms with E-state index >= 15 is 0 Å². The molecule has 0 bridgehead atoms. The first-order valence-electron chi connectivity index (χ1n) is 5.91.